The Bertz CT molecular complexity index is 324. The summed E-state index contributed by atoms with van der Waals surface area (Å²) in [5.41, 5.74) is 1.39. The number of rotatable bonds is 7. The van der Waals surface area contributed by atoms with Gasteiger partial charge < -0.3 is 5.32 Å². The zero-order valence-corrected chi connectivity index (χ0v) is 12.8. The van der Waals surface area contributed by atoms with E-state index in [1.807, 2.05) is 0 Å². The van der Waals surface area contributed by atoms with E-state index in [2.05, 4.69) is 66.3 Å². The van der Waals surface area contributed by atoms with Crippen molar-refractivity contribution in [3.05, 3.63) is 34.3 Å². The molecule has 0 bridgehead atoms. The molecule has 0 saturated heterocycles. The summed E-state index contributed by atoms with van der Waals surface area (Å²) in [5, 5.41) is 3.78. The van der Waals surface area contributed by atoms with Gasteiger partial charge in [0.25, 0.3) is 0 Å². The Morgan fingerprint density at radius 3 is 2.47 bits per heavy atom. The van der Waals surface area contributed by atoms with E-state index in [0.29, 0.717) is 12.1 Å². The molecule has 0 aliphatic rings. The molecule has 17 heavy (non-hydrogen) atoms. The van der Waals surface area contributed by atoms with Gasteiger partial charge in [0.05, 0.1) is 0 Å². The van der Waals surface area contributed by atoms with Crippen LogP contribution in [0.25, 0.3) is 0 Å². The summed E-state index contributed by atoms with van der Waals surface area (Å²) < 4.78 is 1.17. The summed E-state index contributed by atoms with van der Waals surface area (Å²) in [6.07, 6.45) is 4.86. The van der Waals surface area contributed by atoms with Gasteiger partial charge in [-0.15, -0.1) is 0 Å². The van der Waals surface area contributed by atoms with E-state index in [9.17, 15) is 0 Å². The minimum Gasteiger partial charge on any atom is -0.307 e. The van der Waals surface area contributed by atoms with Crippen molar-refractivity contribution in [2.45, 2.75) is 58.5 Å². The fourth-order valence-corrected chi connectivity index (χ4v) is 2.63. The van der Waals surface area contributed by atoms with Crippen molar-refractivity contribution in [3.8, 4) is 0 Å². The maximum absolute atomic E-state index is 3.78. The molecule has 1 rings (SSSR count). The highest BCUT2D eigenvalue weighted by atomic mass is 79.9. The van der Waals surface area contributed by atoms with Crippen LogP contribution < -0.4 is 5.32 Å². The number of benzene rings is 1. The first-order valence-electron chi connectivity index (χ1n) is 6.72. The average molecular weight is 298 g/mol. The summed E-state index contributed by atoms with van der Waals surface area (Å²) in [6, 6.07) is 9.75. The molecule has 0 saturated carbocycles. The summed E-state index contributed by atoms with van der Waals surface area (Å²) in [6.45, 7) is 6.77. The molecule has 0 heterocycles. The van der Waals surface area contributed by atoms with E-state index in [1.165, 1.54) is 29.3 Å². The SMILES string of the molecule is CCCC(CC)NC(CC)c1cccc(Br)c1. The number of hydrogen-bond acceptors (Lipinski definition) is 1. The molecule has 2 unspecified atom stereocenters. The monoisotopic (exact) mass is 297 g/mol. The Labute approximate surface area is 114 Å². The second-order valence-corrected chi connectivity index (χ2v) is 5.49. The van der Waals surface area contributed by atoms with Gasteiger partial charge in [-0.3, -0.25) is 0 Å². The Morgan fingerprint density at radius 2 is 1.94 bits per heavy atom. The van der Waals surface area contributed by atoms with Crippen LogP contribution in [-0.2, 0) is 0 Å². The minimum atomic E-state index is 0.476. The molecule has 96 valence electrons. The van der Waals surface area contributed by atoms with Gasteiger partial charge in [0.2, 0.25) is 0 Å². The van der Waals surface area contributed by atoms with Gasteiger partial charge >= 0.3 is 0 Å². The number of hydrogen-bond donors (Lipinski definition) is 1. The summed E-state index contributed by atoms with van der Waals surface area (Å²) in [7, 11) is 0. The normalized spacial score (nSPS) is 14.6. The first-order chi connectivity index (χ1) is 8.21. The molecule has 2 atom stereocenters. The molecular formula is C15H24BrN. The Balaban J connectivity index is 2.70. The van der Waals surface area contributed by atoms with Gasteiger partial charge in [-0.1, -0.05) is 55.3 Å². The third-order valence-corrected chi connectivity index (χ3v) is 3.72. The lowest BCUT2D eigenvalue weighted by molar-refractivity contribution is 0.394. The van der Waals surface area contributed by atoms with Gasteiger partial charge in [0.1, 0.15) is 0 Å². The molecule has 1 nitrogen and oxygen atoms in total. The second kappa shape index (κ2) is 7.88. The van der Waals surface area contributed by atoms with E-state index >= 15 is 0 Å². The maximum Gasteiger partial charge on any atom is 0.0320 e. The highest BCUT2D eigenvalue weighted by Crippen LogP contribution is 2.22. The topological polar surface area (TPSA) is 12.0 Å². The van der Waals surface area contributed by atoms with Crippen LogP contribution in [0.2, 0.25) is 0 Å². The second-order valence-electron chi connectivity index (χ2n) is 4.58. The van der Waals surface area contributed by atoms with Crippen LogP contribution in [0.3, 0.4) is 0 Å². The van der Waals surface area contributed by atoms with Gasteiger partial charge in [-0.05, 0) is 37.0 Å². The molecule has 0 amide bonds. The maximum atomic E-state index is 3.78. The zero-order chi connectivity index (χ0) is 12.7. The minimum absolute atomic E-state index is 0.476. The van der Waals surface area contributed by atoms with E-state index in [4.69, 9.17) is 0 Å². The molecule has 1 aromatic rings. The molecule has 2 heteroatoms. The quantitative estimate of drug-likeness (QED) is 0.741. The summed E-state index contributed by atoms with van der Waals surface area (Å²) in [4.78, 5) is 0. The predicted octanol–water partition coefficient (Wildman–Crippen LogP) is 5.07. The third kappa shape index (κ3) is 4.81. The lowest BCUT2D eigenvalue weighted by atomic mass is 10.0. The van der Waals surface area contributed by atoms with Crippen molar-refractivity contribution < 1.29 is 0 Å². The van der Waals surface area contributed by atoms with Gasteiger partial charge in [-0.25, -0.2) is 0 Å². The highest BCUT2D eigenvalue weighted by molar-refractivity contribution is 9.10. The van der Waals surface area contributed by atoms with Crippen molar-refractivity contribution in [1.82, 2.24) is 5.32 Å². The van der Waals surface area contributed by atoms with E-state index < -0.39 is 0 Å². The number of halogens is 1. The zero-order valence-electron chi connectivity index (χ0n) is 11.2. The van der Waals surface area contributed by atoms with Crippen molar-refractivity contribution in [3.63, 3.8) is 0 Å². The average Bonchev–Trinajstić information content (AvgIpc) is 2.34. The number of nitrogens with one attached hydrogen (secondary N) is 1. The van der Waals surface area contributed by atoms with E-state index in [1.54, 1.807) is 0 Å². The lowest BCUT2D eigenvalue weighted by Gasteiger charge is -2.24. The molecule has 0 radical (unpaired) electrons. The highest BCUT2D eigenvalue weighted by Gasteiger charge is 2.13. The molecule has 0 aromatic heterocycles. The van der Waals surface area contributed by atoms with Gasteiger partial charge in [0.15, 0.2) is 0 Å². The van der Waals surface area contributed by atoms with Gasteiger partial charge in [-0.2, -0.15) is 0 Å². The standard InChI is InChI=1S/C15H24BrN/c1-4-8-14(5-2)17-15(6-3)12-9-7-10-13(16)11-12/h7,9-11,14-15,17H,4-6,8H2,1-3H3. The molecule has 1 aromatic carbocycles. The lowest BCUT2D eigenvalue weighted by Crippen LogP contribution is -2.32. The first-order valence-corrected chi connectivity index (χ1v) is 7.52. The van der Waals surface area contributed by atoms with Crippen LogP contribution in [0.1, 0.15) is 58.1 Å². The smallest absolute Gasteiger partial charge is 0.0320 e. The van der Waals surface area contributed by atoms with Crippen molar-refractivity contribution in [2.24, 2.45) is 0 Å². The van der Waals surface area contributed by atoms with Crippen LogP contribution >= 0.6 is 15.9 Å². The van der Waals surface area contributed by atoms with Crippen LogP contribution in [0.4, 0.5) is 0 Å². The summed E-state index contributed by atoms with van der Waals surface area (Å²) in [5.74, 6) is 0. The van der Waals surface area contributed by atoms with E-state index in [0.717, 1.165) is 6.42 Å². The van der Waals surface area contributed by atoms with Crippen LogP contribution in [0.15, 0.2) is 28.7 Å². The van der Waals surface area contributed by atoms with Crippen molar-refractivity contribution >= 4 is 15.9 Å². The molecule has 1 N–H and O–H groups in total. The predicted molar refractivity (Wildman–Crippen MR) is 79.3 cm³/mol. The fourth-order valence-electron chi connectivity index (χ4n) is 2.21. The van der Waals surface area contributed by atoms with Gasteiger partial charge in [0, 0.05) is 16.6 Å². The largest absolute Gasteiger partial charge is 0.307 e. The Hall–Kier alpha value is -0.340. The molecule has 0 fully saturated rings. The van der Waals surface area contributed by atoms with Crippen LogP contribution in [0.5, 0.6) is 0 Å². The van der Waals surface area contributed by atoms with Crippen molar-refractivity contribution in [2.75, 3.05) is 0 Å². The van der Waals surface area contributed by atoms with Crippen molar-refractivity contribution in [1.29, 1.82) is 0 Å². The Morgan fingerprint density at radius 1 is 1.18 bits per heavy atom. The fraction of sp³-hybridized carbons (Fsp3) is 0.600. The molecule has 0 aliphatic carbocycles. The Kier molecular flexibility index (Phi) is 6.83. The van der Waals surface area contributed by atoms with Crippen LogP contribution in [-0.4, -0.2) is 6.04 Å². The van der Waals surface area contributed by atoms with Crippen LogP contribution in [0, 0.1) is 0 Å². The molecule has 0 aliphatic heterocycles. The third-order valence-electron chi connectivity index (χ3n) is 3.23. The summed E-state index contributed by atoms with van der Waals surface area (Å²) >= 11 is 3.55. The molecule has 0 spiro atoms. The van der Waals surface area contributed by atoms with E-state index in [-0.39, 0.29) is 0 Å². The molecular weight excluding hydrogens is 274 g/mol. The first kappa shape index (κ1) is 14.7.